The standard InChI is InChI=1S/C19H26N4O3S/c1-4-5-20-18(25)11-7-14-16(24)12-8-23(9-13(12)17(11)26-14)19-21-15(22-27-19)6-10(2)3/h1,10-14,16-17,24H,5-9H2,2-3H3,(H,20,25)/t11?,12-,13+,14+,16+,17-/m1/s1. The second-order valence-electron chi connectivity index (χ2n) is 8.22. The quantitative estimate of drug-likeness (QED) is 0.719. The average molecular weight is 391 g/mol. The minimum Gasteiger partial charge on any atom is -0.390 e. The molecule has 7 nitrogen and oxygen atoms in total. The number of carbonyl (C=O) groups is 1. The van der Waals surface area contributed by atoms with Crippen LogP contribution in [0.25, 0.3) is 0 Å². The molecule has 4 heterocycles. The minimum atomic E-state index is -0.551. The third-order valence-corrected chi connectivity index (χ3v) is 6.70. The summed E-state index contributed by atoms with van der Waals surface area (Å²) in [6, 6.07) is 0. The number of carbonyl (C=O) groups excluding carboxylic acids is 1. The SMILES string of the molecule is C#CCNC(=O)C1C[C@@H]2O[C@H]1[C@H]1CN(c3nc(CC(C)C)ns3)C[C@H]1[C@@H]2O. The van der Waals surface area contributed by atoms with Crippen LogP contribution in [0.4, 0.5) is 5.13 Å². The summed E-state index contributed by atoms with van der Waals surface area (Å²) in [7, 11) is 0. The van der Waals surface area contributed by atoms with Gasteiger partial charge in [0, 0.05) is 42.9 Å². The van der Waals surface area contributed by atoms with Crippen molar-refractivity contribution in [3.8, 4) is 12.3 Å². The average Bonchev–Trinajstić information content (AvgIpc) is 3.34. The molecule has 1 unspecified atom stereocenters. The molecule has 3 saturated heterocycles. The first-order valence-electron chi connectivity index (χ1n) is 9.60. The number of ether oxygens (including phenoxy) is 1. The highest BCUT2D eigenvalue weighted by Crippen LogP contribution is 2.47. The zero-order valence-electron chi connectivity index (χ0n) is 15.7. The fourth-order valence-electron chi connectivity index (χ4n) is 4.70. The fraction of sp³-hybridized carbons (Fsp3) is 0.737. The summed E-state index contributed by atoms with van der Waals surface area (Å²) >= 11 is 1.41. The Morgan fingerprint density at radius 1 is 1.48 bits per heavy atom. The molecule has 4 rings (SSSR count). The number of nitrogens with one attached hydrogen (secondary N) is 1. The summed E-state index contributed by atoms with van der Waals surface area (Å²) in [5.74, 6) is 3.72. The predicted molar refractivity (Wildman–Crippen MR) is 102 cm³/mol. The van der Waals surface area contributed by atoms with Crippen molar-refractivity contribution < 1.29 is 14.6 Å². The van der Waals surface area contributed by atoms with Gasteiger partial charge in [0.2, 0.25) is 11.0 Å². The maximum atomic E-state index is 12.5. The van der Waals surface area contributed by atoms with Gasteiger partial charge in [-0.15, -0.1) is 6.42 Å². The number of hydrogen-bond donors (Lipinski definition) is 2. The van der Waals surface area contributed by atoms with Crippen molar-refractivity contribution in [3.63, 3.8) is 0 Å². The second kappa shape index (κ2) is 7.38. The van der Waals surface area contributed by atoms with Crippen LogP contribution in [0.5, 0.6) is 0 Å². The molecule has 0 radical (unpaired) electrons. The molecule has 0 saturated carbocycles. The van der Waals surface area contributed by atoms with E-state index in [1.807, 2.05) is 0 Å². The first kappa shape index (κ1) is 18.7. The molecule has 0 spiro atoms. The molecule has 3 aliphatic rings. The summed E-state index contributed by atoms with van der Waals surface area (Å²) in [5.41, 5.74) is 0. The normalized spacial score (nSPS) is 34.6. The lowest BCUT2D eigenvalue weighted by Gasteiger charge is -2.36. The summed E-state index contributed by atoms with van der Waals surface area (Å²) in [4.78, 5) is 19.4. The molecule has 3 aliphatic heterocycles. The van der Waals surface area contributed by atoms with Crippen LogP contribution in [-0.4, -0.2) is 58.3 Å². The van der Waals surface area contributed by atoms with Crippen molar-refractivity contribution in [1.82, 2.24) is 14.7 Å². The van der Waals surface area contributed by atoms with E-state index in [1.54, 1.807) is 0 Å². The highest BCUT2D eigenvalue weighted by molar-refractivity contribution is 7.09. The van der Waals surface area contributed by atoms with Crippen molar-refractivity contribution in [1.29, 1.82) is 0 Å². The van der Waals surface area contributed by atoms with E-state index >= 15 is 0 Å². The van der Waals surface area contributed by atoms with Gasteiger partial charge in [-0.1, -0.05) is 19.8 Å². The van der Waals surface area contributed by atoms with Crippen molar-refractivity contribution in [2.75, 3.05) is 24.5 Å². The molecule has 0 aromatic carbocycles. The van der Waals surface area contributed by atoms with Gasteiger partial charge in [-0.2, -0.15) is 4.37 Å². The lowest BCUT2D eigenvalue weighted by molar-refractivity contribution is -0.140. The van der Waals surface area contributed by atoms with Gasteiger partial charge in [0.25, 0.3) is 0 Å². The number of amides is 1. The molecule has 1 aromatic heterocycles. The highest BCUT2D eigenvalue weighted by Gasteiger charge is 2.58. The van der Waals surface area contributed by atoms with Gasteiger partial charge in [-0.25, -0.2) is 4.98 Å². The number of aliphatic hydroxyl groups excluding tert-OH is 1. The largest absolute Gasteiger partial charge is 0.390 e. The Kier molecular flexibility index (Phi) is 5.10. The minimum absolute atomic E-state index is 0.0677. The maximum Gasteiger partial charge on any atom is 0.226 e. The highest BCUT2D eigenvalue weighted by atomic mass is 32.1. The van der Waals surface area contributed by atoms with E-state index in [-0.39, 0.29) is 42.4 Å². The Balaban J connectivity index is 1.49. The van der Waals surface area contributed by atoms with Gasteiger partial charge in [-0.3, -0.25) is 4.79 Å². The number of aromatic nitrogens is 2. The van der Waals surface area contributed by atoms with Crippen LogP contribution in [0.3, 0.4) is 0 Å². The molecule has 3 fully saturated rings. The van der Waals surface area contributed by atoms with E-state index < -0.39 is 6.10 Å². The lowest BCUT2D eigenvalue weighted by atomic mass is 9.83. The van der Waals surface area contributed by atoms with E-state index in [0.717, 1.165) is 30.5 Å². The van der Waals surface area contributed by atoms with Crippen molar-refractivity contribution >= 4 is 22.6 Å². The van der Waals surface area contributed by atoms with E-state index in [2.05, 4.69) is 39.3 Å². The third kappa shape index (κ3) is 3.44. The Morgan fingerprint density at radius 2 is 2.26 bits per heavy atom. The molecule has 2 bridgehead atoms. The summed E-state index contributed by atoms with van der Waals surface area (Å²) < 4.78 is 10.5. The van der Waals surface area contributed by atoms with Crippen LogP contribution in [0.15, 0.2) is 0 Å². The Morgan fingerprint density at radius 3 is 3.00 bits per heavy atom. The molecule has 146 valence electrons. The van der Waals surface area contributed by atoms with Crippen LogP contribution < -0.4 is 10.2 Å². The van der Waals surface area contributed by atoms with Crippen molar-refractivity contribution in [2.24, 2.45) is 23.7 Å². The van der Waals surface area contributed by atoms with Crippen molar-refractivity contribution in [3.05, 3.63) is 5.82 Å². The number of terminal acetylenes is 1. The van der Waals surface area contributed by atoms with E-state index in [9.17, 15) is 9.90 Å². The first-order valence-corrected chi connectivity index (χ1v) is 10.4. The summed E-state index contributed by atoms with van der Waals surface area (Å²) in [5, 5.41) is 14.5. The number of anilines is 1. The van der Waals surface area contributed by atoms with Gasteiger partial charge in [-0.05, 0) is 12.3 Å². The van der Waals surface area contributed by atoms with Crippen LogP contribution in [0.1, 0.15) is 26.1 Å². The number of aliphatic hydroxyl groups is 1. The lowest BCUT2D eigenvalue weighted by Crippen LogP contribution is -2.47. The summed E-state index contributed by atoms with van der Waals surface area (Å²) in [6.07, 6.45) is 5.68. The van der Waals surface area contributed by atoms with Crippen LogP contribution >= 0.6 is 11.5 Å². The number of hydrogen-bond acceptors (Lipinski definition) is 7. The smallest absolute Gasteiger partial charge is 0.226 e. The fourth-order valence-corrected chi connectivity index (χ4v) is 5.41. The van der Waals surface area contributed by atoms with Gasteiger partial charge < -0.3 is 20.1 Å². The molecule has 27 heavy (non-hydrogen) atoms. The van der Waals surface area contributed by atoms with Gasteiger partial charge in [0.15, 0.2) is 0 Å². The molecule has 8 heteroatoms. The Labute approximate surface area is 163 Å². The molecule has 1 aromatic rings. The molecule has 1 amide bonds. The molecule has 6 atom stereocenters. The molecular weight excluding hydrogens is 364 g/mol. The zero-order chi connectivity index (χ0) is 19.1. The molecule has 0 aliphatic carbocycles. The maximum absolute atomic E-state index is 12.5. The predicted octanol–water partition coefficient (Wildman–Crippen LogP) is 0.687. The monoisotopic (exact) mass is 390 g/mol. The van der Waals surface area contributed by atoms with Crippen molar-refractivity contribution in [2.45, 2.75) is 45.0 Å². The Hall–Kier alpha value is -1.69. The van der Waals surface area contributed by atoms with Gasteiger partial charge in [0.05, 0.1) is 30.8 Å². The number of nitrogens with zero attached hydrogens (tertiary/aromatic N) is 3. The first-order chi connectivity index (χ1) is 13.0. The van der Waals surface area contributed by atoms with Crippen LogP contribution in [-0.2, 0) is 16.0 Å². The van der Waals surface area contributed by atoms with Gasteiger partial charge >= 0.3 is 0 Å². The van der Waals surface area contributed by atoms with Crippen LogP contribution in [0, 0.1) is 36.0 Å². The topological polar surface area (TPSA) is 87.6 Å². The molecule has 2 N–H and O–H groups in total. The van der Waals surface area contributed by atoms with E-state index in [0.29, 0.717) is 12.3 Å². The Bertz CT molecular complexity index is 746. The number of fused-ring (bicyclic) bond motifs is 4. The molecular formula is C19H26N4O3S. The summed E-state index contributed by atoms with van der Waals surface area (Å²) in [6.45, 7) is 5.99. The zero-order valence-corrected chi connectivity index (χ0v) is 16.5. The third-order valence-electron chi connectivity index (χ3n) is 5.89. The van der Waals surface area contributed by atoms with Crippen LogP contribution in [0.2, 0.25) is 0 Å². The van der Waals surface area contributed by atoms with E-state index in [1.165, 1.54) is 11.5 Å². The van der Waals surface area contributed by atoms with Gasteiger partial charge in [0.1, 0.15) is 5.82 Å². The number of rotatable bonds is 5. The van der Waals surface area contributed by atoms with E-state index in [4.69, 9.17) is 11.2 Å². The second-order valence-corrected chi connectivity index (χ2v) is 8.95.